The van der Waals surface area contributed by atoms with E-state index in [0.29, 0.717) is 6.04 Å². The molecule has 4 heteroatoms. The van der Waals surface area contributed by atoms with Gasteiger partial charge in [-0.25, -0.2) is 9.97 Å². The Morgan fingerprint density at radius 1 is 1.35 bits per heavy atom. The smallest absolute Gasteiger partial charge is 0.152 e. The van der Waals surface area contributed by atoms with Crippen LogP contribution in [0.2, 0.25) is 0 Å². The molecule has 1 saturated heterocycles. The normalized spacial score (nSPS) is 19.7. The second-order valence-electron chi connectivity index (χ2n) is 4.36. The van der Waals surface area contributed by atoms with Crippen molar-refractivity contribution in [1.82, 2.24) is 15.3 Å². The first-order valence-corrected chi connectivity index (χ1v) is 5.96. The molecule has 3 heterocycles. The second kappa shape index (κ2) is 4.30. The minimum Gasteiger partial charge on any atom is -0.460 e. The van der Waals surface area contributed by atoms with Gasteiger partial charge < -0.3 is 9.73 Å². The van der Waals surface area contributed by atoms with Crippen LogP contribution in [0.3, 0.4) is 0 Å². The Hall–Kier alpha value is -1.68. The first-order valence-electron chi connectivity index (χ1n) is 5.96. The molecule has 0 aliphatic carbocycles. The van der Waals surface area contributed by atoms with E-state index < -0.39 is 0 Å². The van der Waals surface area contributed by atoms with Crippen molar-refractivity contribution in [2.24, 2.45) is 0 Å². The van der Waals surface area contributed by atoms with Gasteiger partial charge in [0, 0.05) is 6.20 Å². The fourth-order valence-corrected chi connectivity index (χ4v) is 2.16. The maximum absolute atomic E-state index is 5.58. The van der Waals surface area contributed by atoms with Crippen LogP contribution in [0.25, 0.3) is 11.5 Å². The zero-order chi connectivity index (χ0) is 11.7. The zero-order valence-corrected chi connectivity index (χ0v) is 9.81. The second-order valence-corrected chi connectivity index (χ2v) is 4.36. The predicted molar refractivity (Wildman–Crippen MR) is 64.4 cm³/mol. The Morgan fingerprint density at radius 2 is 2.29 bits per heavy atom. The van der Waals surface area contributed by atoms with Crippen LogP contribution < -0.4 is 5.32 Å². The van der Waals surface area contributed by atoms with Gasteiger partial charge in [-0.2, -0.15) is 0 Å². The van der Waals surface area contributed by atoms with Crippen molar-refractivity contribution in [2.45, 2.75) is 25.8 Å². The SMILES string of the molecule is Cc1ccc(-c2ccnc(C3CCCN3)n2)o1. The molecule has 17 heavy (non-hydrogen) atoms. The van der Waals surface area contributed by atoms with E-state index >= 15 is 0 Å². The van der Waals surface area contributed by atoms with Gasteiger partial charge in [-0.15, -0.1) is 0 Å². The van der Waals surface area contributed by atoms with Crippen LogP contribution in [-0.4, -0.2) is 16.5 Å². The van der Waals surface area contributed by atoms with E-state index in [0.717, 1.165) is 36.0 Å². The quantitative estimate of drug-likeness (QED) is 0.859. The lowest BCUT2D eigenvalue weighted by Gasteiger charge is -2.08. The first kappa shape index (κ1) is 10.5. The summed E-state index contributed by atoms with van der Waals surface area (Å²) in [4.78, 5) is 8.91. The number of hydrogen-bond donors (Lipinski definition) is 1. The third kappa shape index (κ3) is 2.08. The summed E-state index contributed by atoms with van der Waals surface area (Å²) in [5, 5.41) is 3.40. The summed E-state index contributed by atoms with van der Waals surface area (Å²) in [5.74, 6) is 2.58. The standard InChI is InChI=1S/C13H15N3O/c1-9-4-5-12(17-9)10-6-8-15-13(16-10)11-3-2-7-14-11/h4-6,8,11,14H,2-3,7H2,1H3. The van der Waals surface area contributed by atoms with E-state index in [1.807, 2.05) is 25.1 Å². The summed E-state index contributed by atoms with van der Waals surface area (Å²) in [5.41, 5.74) is 0.858. The van der Waals surface area contributed by atoms with Crippen LogP contribution in [0.1, 0.15) is 30.5 Å². The van der Waals surface area contributed by atoms with Crippen molar-refractivity contribution in [3.05, 3.63) is 36.0 Å². The molecule has 0 spiro atoms. The van der Waals surface area contributed by atoms with Crippen molar-refractivity contribution < 1.29 is 4.42 Å². The Balaban J connectivity index is 1.93. The Kier molecular flexibility index (Phi) is 2.65. The van der Waals surface area contributed by atoms with Gasteiger partial charge in [0.1, 0.15) is 17.3 Å². The summed E-state index contributed by atoms with van der Waals surface area (Å²) in [6.07, 6.45) is 4.11. The van der Waals surface area contributed by atoms with Crippen LogP contribution >= 0.6 is 0 Å². The van der Waals surface area contributed by atoms with E-state index in [1.165, 1.54) is 6.42 Å². The number of nitrogens with zero attached hydrogens (tertiary/aromatic N) is 2. The molecule has 3 rings (SSSR count). The number of nitrogens with one attached hydrogen (secondary N) is 1. The third-order valence-corrected chi connectivity index (χ3v) is 3.04. The predicted octanol–water partition coefficient (Wildman–Crippen LogP) is 2.47. The van der Waals surface area contributed by atoms with Crippen molar-refractivity contribution in [2.75, 3.05) is 6.54 Å². The largest absolute Gasteiger partial charge is 0.460 e. The molecule has 0 radical (unpaired) electrons. The molecule has 1 aliphatic rings. The van der Waals surface area contributed by atoms with Crippen LogP contribution in [0.15, 0.2) is 28.8 Å². The molecule has 0 saturated carbocycles. The molecular weight excluding hydrogens is 214 g/mol. The zero-order valence-electron chi connectivity index (χ0n) is 9.81. The van der Waals surface area contributed by atoms with E-state index in [1.54, 1.807) is 6.20 Å². The van der Waals surface area contributed by atoms with Crippen molar-refractivity contribution >= 4 is 0 Å². The van der Waals surface area contributed by atoms with Gasteiger partial charge in [0.05, 0.1) is 6.04 Å². The number of hydrogen-bond acceptors (Lipinski definition) is 4. The van der Waals surface area contributed by atoms with Gasteiger partial charge in [-0.05, 0) is 44.5 Å². The lowest BCUT2D eigenvalue weighted by molar-refractivity contribution is 0.543. The van der Waals surface area contributed by atoms with Gasteiger partial charge in [0.2, 0.25) is 0 Å². The summed E-state index contributed by atoms with van der Waals surface area (Å²) in [7, 11) is 0. The summed E-state index contributed by atoms with van der Waals surface area (Å²) >= 11 is 0. The van der Waals surface area contributed by atoms with Crippen molar-refractivity contribution in [1.29, 1.82) is 0 Å². The minimum absolute atomic E-state index is 0.297. The van der Waals surface area contributed by atoms with Crippen molar-refractivity contribution in [3.8, 4) is 11.5 Å². The highest BCUT2D eigenvalue weighted by atomic mass is 16.3. The Labute approximate surface area is 100 Å². The van der Waals surface area contributed by atoms with Gasteiger partial charge in [0.25, 0.3) is 0 Å². The molecule has 0 bridgehead atoms. The lowest BCUT2D eigenvalue weighted by atomic mass is 10.2. The van der Waals surface area contributed by atoms with E-state index in [4.69, 9.17) is 4.42 Å². The van der Waals surface area contributed by atoms with Gasteiger partial charge in [0.15, 0.2) is 5.76 Å². The van der Waals surface area contributed by atoms with Crippen LogP contribution in [0.5, 0.6) is 0 Å². The molecule has 1 N–H and O–H groups in total. The monoisotopic (exact) mass is 229 g/mol. The highest BCUT2D eigenvalue weighted by molar-refractivity contribution is 5.51. The number of furan rings is 1. The molecule has 2 aromatic heterocycles. The van der Waals surface area contributed by atoms with Crippen LogP contribution in [0, 0.1) is 6.92 Å². The van der Waals surface area contributed by atoms with Gasteiger partial charge >= 0.3 is 0 Å². The summed E-state index contributed by atoms with van der Waals surface area (Å²) in [6.45, 7) is 2.99. The molecule has 88 valence electrons. The summed E-state index contributed by atoms with van der Waals surface area (Å²) in [6, 6.07) is 6.08. The first-order chi connectivity index (χ1) is 8.33. The number of rotatable bonds is 2. The maximum atomic E-state index is 5.58. The van der Waals surface area contributed by atoms with Gasteiger partial charge in [-0.3, -0.25) is 0 Å². The highest BCUT2D eigenvalue weighted by Crippen LogP contribution is 2.23. The van der Waals surface area contributed by atoms with E-state index in [9.17, 15) is 0 Å². The summed E-state index contributed by atoms with van der Waals surface area (Å²) < 4.78 is 5.58. The molecule has 0 aromatic carbocycles. The highest BCUT2D eigenvalue weighted by Gasteiger charge is 2.19. The molecular formula is C13H15N3O. The van der Waals surface area contributed by atoms with E-state index in [2.05, 4.69) is 15.3 Å². The minimum atomic E-state index is 0.297. The average molecular weight is 229 g/mol. The molecule has 1 atom stereocenters. The molecule has 1 aliphatic heterocycles. The topological polar surface area (TPSA) is 51.0 Å². The van der Waals surface area contributed by atoms with Crippen molar-refractivity contribution in [3.63, 3.8) is 0 Å². The number of aromatic nitrogens is 2. The molecule has 1 unspecified atom stereocenters. The average Bonchev–Trinajstić information content (AvgIpc) is 3.00. The fraction of sp³-hybridized carbons (Fsp3) is 0.385. The Morgan fingerprint density at radius 3 is 3.00 bits per heavy atom. The van der Waals surface area contributed by atoms with E-state index in [-0.39, 0.29) is 0 Å². The fourth-order valence-electron chi connectivity index (χ4n) is 2.16. The molecule has 0 amide bonds. The van der Waals surface area contributed by atoms with Gasteiger partial charge in [-0.1, -0.05) is 0 Å². The number of aryl methyl sites for hydroxylation is 1. The third-order valence-electron chi connectivity index (χ3n) is 3.04. The van der Waals surface area contributed by atoms with Crippen LogP contribution in [-0.2, 0) is 0 Å². The molecule has 2 aromatic rings. The lowest BCUT2D eigenvalue weighted by Crippen LogP contribution is -2.15. The molecule has 4 nitrogen and oxygen atoms in total. The van der Waals surface area contributed by atoms with Crippen LogP contribution in [0.4, 0.5) is 0 Å². The molecule has 1 fully saturated rings. The maximum Gasteiger partial charge on any atom is 0.152 e. The Bertz CT molecular complexity index is 515.